The molecule has 0 aromatic carbocycles. The molecule has 0 amide bonds. The van der Waals surface area contributed by atoms with E-state index < -0.39 is 0 Å². The van der Waals surface area contributed by atoms with Crippen molar-refractivity contribution in [3.05, 3.63) is 12.3 Å². The molecule has 3 nitrogen and oxygen atoms in total. The molecule has 0 unspecified atom stereocenters. The van der Waals surface area contributed by atoms with Gasteiger partial charge in [0.05, 0.1) is 12.3 Å². The Morgan fingerprint density at radius 1 is 1.36 bits per heavy atom. The van der Waals surface area contributed by atoms with Gasteiger partial charge in [0.25, 0.3) is 0 Å². The van der Waals surface area contributed by atoms with Gasteiger partial charge in [-0.05, 0) is 7.05 Å². The average molecular weight is 156 g/mol. The van der Waals surface area contributed by atoms with Crippen LogP contribution in [0.2, 0.25) is 0 Å². The minimum Gasteiger partial charge on any atom is -0.512 e. The van der Waals surface area contributed by atoms with E-state index in [2.05, 4.69) is 23.4 Å². The number of piperazine rings is 1. The van der Waals surface area contributed by atoms with Gasteiger partial charge < -0.3 is 10.0 Å². The van der Waals surface area contributed by atoms with Crippen LogP contribution in [0.5, 0.6) is 0 Å². The molecule has 1 aliphatic heterocycles. The molecule has 64 valence electrons. The normalized spacial score (nSPS) is 21.9. The zero-order valence-corrected chi connectivity index (χ0v) is 7.08. The highest BCUT2D eigenvalue weighted by atomic mass is 16.3. The van der Waals surface area contributed by atoms with Crippen molar-refractivity contribution in [3.63, 3.8) is 0 Å². The van der Waals surface area contributed by atoms with Crippen molar-refractivity contribution < 1.29 is 5.11 Å². The van der Waals surface area contributed by atoms with E-state index in [0.717, 1.165) is 26.2 Å². The predicted octanol–water partition coefficient (Wildman–Crippen LogP) is 0.306. The highest BCUT2D eigenvalue weighted by molar-refractivity contribution is 4.85. The Balaban J connectivity index is 2.22. The number of aliphatic hydroxyl groups excluding tert-OH is 1. The van der Waals surface area contributed by atoms with E-state index in [-0.39, 0.29) is 5.76 Å². The zero-order chi connectivity index (χ0) is 8.27. The van der Waals surface area contributed by atoms with Gasteiger partial charge in [0, 0.05) is 26.2 Å². The van der Waals surface area contributed by atoms with Gasteiger partial charge in [0.15, 0.2) is 0 Å². The van der Waals surface area contributed by atoms with Crippen LogP contribution in [-0.4, -0.2) is 54.7 Å². The summed E-state index contributed by atoms with van der Waals surface area (Å²) in [5, 5.41) is 8.92. The Kier molecular flexibility index (Phi) is 2.91. The number of aliphatic hydroxyl groups is 1. The van der Waals surface area contributed by atoms with Crippen molar-refractivity contribution in [2.45, 2.75) is 0 Å². The van der Waals surface area contributed by atoms with E-state index in [1.54, 1.807) is 0 Å². The quantitative estimate of drug-likeness (QED) is 0.583. The molecule has 1 N–H and O–H groups in total. The van der Waals surface area contributed by atoms with Crippen LogP contribution in [0.1, 0.15) is 0 Å². The van der Waals surface area contributed by atoms with E-state index in [1.165, 1.54) is 0 Å². The molecule has 1 saturated heterocycles. The van der Waals surface area contributed by atoms with E-state index >= 15 is 0 Å². The van der Waals surface area contributed by atoms with Crippen LogP contribution in [0, 0.1) is 0 Å². The monoisotopic (exact) mass is 156 g/mol. The number of nitrogens with zero attached hydrogens (tertiary/aromatic N) is 2. The SMILES string of the molecule is C=C(O)CN1CCN(C)CC1. The summed E-state index contributed by atoms with van der Waals surface area (Å²) in [6, 6.07) is 0. The molecular formula is C8H16N2O. The molecule has 0 radical (unpaired) electrons. The largest absolute Gasteiger partial charge is 0.512 e. The first-order valence-corrected chi connectivity index (χ1v) is 3.96. The summed E-state index contributed by atoms with van der Waals surface area (Å²) >= 11 is 0. The Morgan fingerprint density at radius 3 is 2.36 bits per heavy atom. The average Bonchev–Trinajstić information content (AvgIpc) is 1.93. The van der Waals surface area contributed by atoms with Crippen molar-refractivity contribution >= 4 is 0 Å². The van der Waals surface area contributed by atoms with Gasteiger partial charge in [0.2, 0.25) is 0 Å². The lowest BCUT2D eigenvalue weighted by Crippen LogP contribution is -2.44. The molecule has 1 fully saturated rings. The third kappa shape index (κ3) is 2.91. The summed E-state index contributed by atoms with van der Waals surface area (Å²) < 4.78 is 0. The first kappa shape index (κ1) is 8.56. The lowest BCUT2D eigenvalue weighted by molar-refractivity contribution is 0.150. The van der Waals surface area contributed by atoms with Crippen molar-refractivity contribution in [2.24, 2.45) is 0 Å². The van der Waals surface area contributed by atoms with E-state index in [9.17, 15) is 0 Å². The van der Waals surface area contributed by atoms with Crippen LogP contribution >= 0.6 is 0 Å². The minimum absolute atomic E-state index is 0.273. The molecule has 1 aliphatic rings. The van der Waals surface area contributed by atoms with Crippen LogP contribution in [0.3, 0.4) is 0 Å². The summed E-state index contributed by atoms with van der Waals surface area (Å²) in [6.07, 6.45) is 0. The van der Waals surface area contributed by atoms with E-state index in [4.69, 9.17) is 5.11 Å². The molecular weight excluding hydrogens is 140 g/mol. The topological polar surface area (TPSA) is 26.7 Å². The fourth-order valence-electron chi connectivity index (χ4n) is 1.26. The summed E-state index contributed by atoms with van der Waals surface area (Å²) in [5.74, 6) is 0.273. The van der Waals surface area contributed by atoms with Crippen LogP contribution in [0.25, 0.3) is 0 Å². The highest BCUT2D eigenvalue weighted by Gasteiger charge is 2.13. The summed E-state index contributed by atoms with van der Waals surface area (Å²) in [4.78, 5) is 4.50. The molecule has 1 rings (SSSR count). The number of hydrogen-bond acceptors (Lipinski definition) is 3. The molecule has 0 aromatic rings. The fraction of sp³-hybridized carbons (Fsp3) is 0.750. The Morgan fingerprint density at radius 2 is 1.91 bits per heavy atom. The minimum atomic E-state index is 0.273. The standard InChI is InChI=1S/C8H16N2O/c1-8(11)7-10-5-3-9(2)4-6-10/h11H,1,3-7H2,2H3. The Hall–Kier alpha value is -0.540. The molecule has 1 heterocycles. The van der Waals surface area contributed by atoms with Gasteiger partial charge >= 0.3 is 0 Å². The summed E-state index contributed by atoms with van der Waals surface area (Å²) in [6.45, 7) is 8.36. The highest BCUT2D eigenvalue weighted by Crippen LogP contribution is 2.00. The second kappa shape index (κ2) is 3.74. The van der Waals surface area contributed by atoms with Gasteiger partial charge in [0.1, 0.15) is 0 Å². The zero-order valence-electron chi connectivity index (χ0n) is 7.08. The Bertz CT molecular complexity index is 139. The lowest BCUT2D eigenvalue weighted by atomic mass is 10.3. The molecule has 0 aromatic heterocycles. The fourth-order valence-corrected chi connectivity index (χ4v) is 1.26. The van der Waals surface area contributed by atoms with Gasteiger partial charge in [-0.15, -0.1) is 0 Å². The maximum Gasteiger partial charge on any atom is 0.0991 e. The van der Waals surface area contributed by atoms with Crippen molar-refractivity contribution in [2.75, 3.05) is 39.8 Å². The van der Waals surface area contributed by atoms with Crippen molar-refractivity contribution in [1.29, 1.82) is 0 Å². The molecule has 0 atom stereocenters. The van der Waals surface area contributed by atoms with Gasteiger partial charge in [-0.2, -0.15) is 0 Å². The number of likely N-dealkylation sites (N-methyl/N-ethyl adjacent to an activating group) is 1. The summed E-state index contributed by atoms with van der Waals surface area (Å²) in [5.41, 5.74) is 0. The van der Waals surface area contributed by atoms with Crippen molar-refractivity contribution in [1.82, 2.24) is 9.80 Å². The van der Waals surface area contributed by atoms with E-state index in [1.807, 2.05) is 0 Å². The smallest absolute Gasteiger partial charge is 0.0991 e. The molecule has 11 heavy (non-hydrogen) atoms. The maximum absolute atomic E-state index is 8.92. The van der Waals surface area contributed by atoms with Crippen LogP contribution < -0.4 is 0 Å². The van der Waals surface area contributed by atoms with Gasteiger partial charge in [-0.25, -0.2) is 0 Å². The predicted molar refractivity (Wildman–Crippen MR) is 45.7 cm³/mol. The molecule has 3 heteroatoms. The number of hydrogen-bond donors (Lipinski definition) is 1. The third-order valence-corrected chi connectivity index (χ3v) is 2.00. The van der Waals surface area contributed by atoms with Crippen molar-refractivity contribution in [3.8, 4) is 0 Å². The third-order valence-electron chi connectivity index (χ3n) is 2.00. The second-order valence-corrected chi connectivity index (χ2v) is 3.15. The Labute approximate surface area is 67.9 Å². The van der Waals surface area contributed by atoms with Gasteiger partial charge in [-0.3, -0.25) is 4.90 Å². The first-order chi connectivity index (χ1) is 5.18. The van der Waals surface area contributed by atoms with E-state index in [0.29, 0.717) is 6.54 Å². The van der Waals surface area contributed by atoms with Crippen LogP contribution in [0.15, 0.2) is 12.3 Å². The number of rotatable bonds is 2. The first-order valence-electron chi connectivity index (χ1n) is 3.96. The van der Waals surface area contributed by atoms with Gasteiger partial charge in [-0.1, -0.05) is 6.58 Å². The van der Waals surface area contributed by atoms with Crippen LogP contribution in [0.4, 0.5) is 0 Å². The van der Waals surface area contributed by atoms with Crippen LogP contribution in [-0.2, 0) is 0 Å². The lowest BCUT2D eigenvalue weighted by Gasteiger charge is -2.31. The molecule has 0 aliphatic carbocycles. The molecule has 0 saturated carbocycles. The summed E-state index contributed by atoms with van der Waals surface area (Å²) in [7, 11) is 2.12. The second-order valence-electron chi connectivity index (χ2n) is 3.15. The maximum atomic E-state index is 8.92. The molecule has 0 spiro atoms. The molecule has 0 bridgehead atoms.